The summed E-state index contributed by atoms with van der Waals surface area (Å²) in [6.45, 7) is 1.69. The second-order valence-corrected chi connectivity index (χ2v) is 6.43. The Hall–Kier alpha value is -1.15. The molecule has 0 aromatic heterocycles. The molecule has 98 valence electrons. The number of hydrogen-bond acceptors (Lipinski definition) is 5. The fraction of sp³-hybridized carbons (Fsp3) is 0.778. The summed E-state index contributed by atoms with van der Waals surface area (Å²) in [5.74, 6) is -1.85. The fourth-order valence-corrected chi connectivity index (χ4v) is 3.37. The van der Waals surface area contributed by atoms with E-state index in [9.17, 15) is 18.0 Å². The van der Waals surface area contributed by atoms with Crippen LogP contribution in [0.5, 0.6) is 0 Å². The highest BCUT2D eigenvalue weighted by molar-refractivity contribution is 7.91. The van der Waals surface area contributed by atoms with Gasteiger partial charge in [0.1, 0.15) is 0 Å². The Morgan fingerprint density at radius 1 is 1.53 bits per heavy atom. The molecular formula is C9H16N2O5S. The first kappa shape index (κ1) is 13.9. The van der Waals surface area contributed by atoms with E-state index in [1.807, 2.05) is 0 Å². The number of hydrogen-bond donors (Lipinski definition) is 2. The van der Waals surface area contributed by atoms with Crippen LogP contribution in [0.1, 0.15) is 13.3 Å². The zero-order valence-electron chi connectivity index (χ0n) is 9.50. The van der Waals surface area contributed by atoms with Crippen LogP contribution in [0.2, 0.25) is 0 Å². The highest BCUT2D eigenvalue weighted by atomic mass is 32.2. The average Bonchev–Trinajstić information content (AvgIpc) is 2.14. The van der Waals surface area contributed by atoms with Gasteiger partial charge in [-0.05, 0) is 6.92 Å². The molecule has 1 saturated heterocycles. The highest BCUT2D eigenvalue weighted by Gasteiger charge is 2.33. The average molecular weight is 264 g/mol. The van der Waals surface area contributed by atoms with Gasteiger partial charge in [-0.2, -0.15) is 0 Å². The van der Waals surface area contributed by atoms with E-state index in [-0.39, 0.29) is 18.1 Å². The van der Waals surface area contributed by atoms with Crippen molar-refractivity contribution in [2.24, 2.45) is 5.73 Å². The summed E-state index contributed by atoms with van der Waals surface area (Å²) in [6.07, 6.45) is -0.450. The summed E-state index contributed by atoms with van der Waals surface area (Å²) in [5.41, 5.74) is 5.46. The molecule has 0 bridgehead atoms. The fourth-order valence-electron chi connectivity index (χ4n) is 1.81. The van der Waals surface area contributed by atoms with E-state index < -0.39 is 40.2 Å². The van der Waals surface area contributed by atoms with Crippen molar-refractivity contribution in [3.63, 3.8) is 0 Å². The number of carbonyl (C=O) groups is 2. The maximum absolute atomic E-state index is 11.8. The highest BCUT2D eigenvalue weighted by Crippen LogP contribution is 2.13. The summed E-state index contributed by atoms with van der Waals surface area (Å²) in [4.78, 5) is 23.6. The lowest BCUT2D eigenvalue weighted by molar-refractivity contribution is -0.142. The van der Waals surface area contributed by atoms with Crippen molar-refractivity contribution in [2.45, 2.75) is 25.4 Å². The molecule has 0 aromatic rings. The summed E-state index contributed by atoms with van der Waals surface area (Å²) >= 11 is 0. The molecule has 17 heavy (non-hydrogen) atoms. The third-order valence-corrected chi connectivity index (χ3v) is 4.46. The SMILES string of the molecule is CC1CS(=O)(=O)CCN1C(=O)C(N)CC(=O)O. The number of carbonyl (C=O) groups excluding carboxylic acids is 1. The molecule has 2 unspecified atom stereocenters. The molecule has 0 aromatic carbocycles. The van der Waals surface area contributed by atoms with Gasteiger partial charge in [-0.25, -0.2) is 8.42 Å². The van der Waals surface area contributed by atoms with Gasteiger partial charge in [-0.3, -0.25) is 9.59 Å². The second-order valence-electron chi connectivity index (χ2n) is 4.20. The van der Waals surface area contributed by atoms with Gasteiger partial charge in [-0.1, -0.05) is 0 Å². The van der Waals surface area contributed by atoms with E-state index >= 15 is 0 Å². The van der Waals surface area contributed by atoms with Crippen LogP contribution in [-0.2, 0) is 19.4 Å². The Labute approximate surface area is 99.5 Å². The monoisotopic (exact) mass is 264 g/mol. The molecule has 1 amide bonds. The van der Waals surface area contributed by atoms with Crippen molar-refractivity contribution in [2.75, 3.05) is 18.1 Å². The molecule has 3 N–H and O–H groups in total. The van der Waals surface area contributed by atoms with Crippen LogP contribution in [0.25, 0.3) is 0 Å². The minimum absolute atomic E-state index is 0.0790. The van der Waals surface area contributed by atoms with E-state index in [4.69, 9.17) is 10.8 Å². The molecule has 8 heteroatoms. The molecule has 1 rings (SSSR count). The number of rotatable bonds is 3. The van der Waals surface area contributed by atoms with Gasteiger partial charge in [0.25, 0.3) is 0 Å². The normalized spacial score (nSPS) is 25.3. The van der Waals surface area contributed by atoms with E-state index in [0.717, 1.165) is 0 Å². The number of aliphatic carboxylic acids is 1. The van der Waals surface area contributed by atoms with Crippen LogP contribution < -0.4 is 5.73 Å². The largest absolute Gasteiger partial charge is 0.481 e. The lowest BCUT2D eigenvalue weighted by Crippen LogP contribution is -2.54. The lowest BCUT2D eigenvalue weighted by Gasteiger charge is -2.34. The van der Waals surface area contributed by atoms with Crippen molar-refractivity contribution in [1.82, 2.24) is 4.90 Å². The quantitative estimate of drug-likeness (QED) is 0.636. The van der Waals surface area contributed by atoms with E-state index in [1.165, 1.54) is 4.90 Å². The standard InChI is InChI=1S/C9H16N2O5S/c1-6-5-17(15,16)3-2-11(6)9(14)7(10)4-8(12)13/h6-7H,2-5,10H2,1H3,(H,12,13). The van der Waals surface area contributed by atoms with Crippen LogP contribution in [0.3, 0.4) is 0 Å². The first-order valence-corrected chi connectivity index (χ1v) is 7.03. The van der Waals surface area contributed by atoms with Gasteiger partial charge in [0.05, 0.1) is 24.0 Å². The maximum atomic E-state index is 11.8. The van der Waals surface area contributed by atoms with Crippen LogP contribution >= 0.6 is 0 Å². The number of carboxylic acid groups (broad SMARTS) is 1. The van der Waals surface area contributed by atoms with Crippen molar-refractivity contribution < 1.29 is 23.1 Å². The van der Waals surface area contributed by atoms with Gasteiger partial charge in [0.15, 0.2) is 9.84 Å². The van der Waals surface area contributed by atoms with Crippen molar-refractivity contribution in [3.8, 4) is 0 Å². The van der Waals surface area contributed by atoms with Crippen molar-refractivity contribution in [1.29, 1.82) is 0 Å². The third kappa shape index (κ3) is 3.67. The number of amides is 1. The maximum Gasteiger partial charge on any atom is 0.305 e. The van der Waals surface area contributed by atoms with Crippen molar-refractivity contribution >= 4 is 21.7 Å². The molecule has 1 heterocycles. The topological polar surface area (TPSA) is 118 Å². The first-order chi connectivity index (χ1) is 7.73. The smallest absolute Gasteiger partial charge is 0.305 e. The molecule has 7 nitrogen and oxygen atoms in total. The summed E-state index contributed by atoms with van der Waals surface area (Å²) in [5, 5.41) is 8.53. The predicted octanol–water partition coefficient (Wildman–Crippen LogP) is -1.57. The van der Waals surface area contributed by atoms with E-state index in [0.29, 0.717) is 0 Å². The van der Waals surface area contributed by atoms with Crippen molar-refractivity contribution in [3.05, 3.63) is 0 Å². The van der Waals surface area contributed by atoms with E-state index in [1.54, 1.807) is 6.92 Å². The zero-order valence-corrected chi connectivity index (χ0v) is 10.3. The van der Waals surface area contributed by atoms with Crippen LogP contribution in [0.15, 0.2) is 0 Å². The summed E-state index contributed by atoms with van der Waals surface area (Å²) in [6, 6.07) is -1.57. The number of nitrogens with zero attached hydrogens (tertiary/aromatic N) is 1. The Morgan fingerprint density at radius 3 is 2.59 bits per heavy atom. The van der Waals surface area contributed by atoms with Gasteiger partial charge in [0.2, 0.25) is 5.91 Å². The lowest BCUT2D eigenvalue weighted by atomic mass is 10.1. The van der Waals surface area contributed by atoms with Crippen LogP contribution in [0.4, 0.5) is 0 Å². The number of sulfone groups is 1. The zero-order chi connectivity index (χ0) is 13.2. The Morgan fingerprint density at radius 2 is 2.12 bits per heavy atom. The minimum Gasteiger partial charge on any atom is -0.481 e. The molecule has 1 aliphatic heterocycles. The molecule has 0 radical (unpaired) electrons. The summed E-state index contributed by atoms with van der Waals surface area (Å²) in [7, 11) is -3.10. The molecule has 2 atom stereocenters. The first-order valence-electron chi connectivity index (χ1n) is 5.21. The van der Waals surface area contributed by atoms with Crippen LogP contribution in [-0.4, -0.2) is 60.4 Å². The molecule has 1 aliphatic rings. The third-order valence-electron chi connectivity index (χ3n) is 2.67. The predicted molar refractivity (Wildman–Crippen MR) is 60.1 cm³/mol. The van der Waals surface area contributed by atoms with Gasteiger partial charge in [0, 0.05) is 12.6 Å². The molecular weight excluding hydrogens is 248 g/mol. The summed E-state index contributed by atoms with van der Waals surface area (Å²) < 4.78 is 22.6. The number of carboxylic acids is 1. The Bertz CT molecular complexity index is 419. The van der Waals surface area contributed by atoms with Crippen LogP contribution in [0, 0.1) is 0 Å². The van der Waals surface area contributed by atoms with Gasteiger partial charge < -0.3 is 15.7 Å². The molecule has 0 saturated carbocycles. The minimum atomic E-state index is -3.10. The van der Waals surface area contributed by atoms with E-state index in [2.05, 4.69) is 0 Å². The van der Waals surface area contributed by atoms with Gasteiger partial charge in [-0.15, -0.1) is 0 Å². The molecule has 0 spiro atoms. The number of nitrogens with two attached hydrogens (primary N) is 1. The van der Waals surface area contributed by atoms with Gasteiger partial charge >= 0.3 is 5.97 Å². The Kier molecular flexibility index (Phi) is 4.10. The Balaban J connectivity index is 2.68. The molecule has 1 fully saturated rings. The second kappa shape index (κ2) is 5.01. The molecule has 0 aliphatic carbocycles.